The number of hydrogen-bond acceptors (Lipinski definition) is 8. The molecule has 0 radical (unpaired) electrons. The predicted molar refractivity (Wildman–Crippen MR) is 99.7 cm³/mol. The van der Waals surface area contributed by atoms with E-state index in [9.17, 15) is 24.0 Å². The Morgan fingerprint density at radius 1 is 0.552 bits per heavy atom. The van der Waals surface area contributed by atoms with E-state index in [2.05, 4.69) is 0 Å². The van der Waals surface area contributed by atoms with Gasteiger partial charge in [-0.1, -0.05) is 13.8 Å². The third-order valence-electron chi connectivity index (χ3n) is 3.92. The van der Waals surface area contributed by atoms with E-state index in [-0.39, 0.29) is 51.0 Å². The van der Waals surface area contributed by atoms with Gasteiger partial charge in [-0.2, -0.15) is 0 Å². The van der Waals surface area contributed by atoms with Crippen molar-refractivity contribution in [1.82, 2.24) is 14.7 Å². The first-order valence-corrected chi connectivity index (χ1v) is 8.97. The van der Waals surface area contributed by atoms with Crippen LogP contribution in [0.25, 0.3) is 0 Å². The normalized spacial score (nSPS) is 11.4. The number of nitrogens with zero attached hydrogens (tertiary/aromatic N) is 3. The summed E-state index contributed by atoms with van der Waals surface area (Å²) in [4.78, 5) is 59.7. The second kappa shape index (κ2) is 13.6. The van der Waals surface area contributed by atoms with E-state index in [1.165, 1.54) is 9.80 Å². The molecule has 0 aromatic heterocycles. The Bertz CT molecular complexity index is 579. The molecule has 12 heteroatoms. The smallest absolute Gasteiger partial charge is 0.317 e. The molecule has 0 aliphatic rings. The molecule has 0 saturated heterocycles. The van der Waals surface area contributed by atoms with Crippen LogP contribution in [0.3, 0.4) is 0 Å². The van der Waals surface area contributed by atoms with Crippen molar-refractivity contribution in [3.8, 4) is 0 Å². The van der Waals surface area contributed by atoms with Crippen molar-refractivity contribution >= 4 is 29.7 Å². The van der Waals surface area contributed by atoms with E-state index in [0.717, 1.165) is 4.90 Å². The molecular formula is C17H29N3O9. The molecule has 29 heavy (non-hydrogen) atoms. The highest BCUT2D eigenvalue weighted by Gasteiger charge is 2.20. The van der Waals surface area contributed by atoms with Crippen LogP contribution in [0.4, 0.5) is 0 Å². The van der Waals surface area contributed by atoms with Gasteiger partial charge in [0, 0.05) is 32.1 Å². The predicted octanol–water partition coefficient (Wildman–Crippen LogP) is -1.54. The maximum atomic E-state index is 11.9. The van der Waals surface area contributed by atoms with Gasteiger partial charge in [0.15, 0.2) is 0 Å². The van der Waals surface area contributed by atoms with E-state index in [0.29, 0.717) is 0 Å². The SMILES string of the molecule is CC(C)C(=O)CN(CCN(CCN(CC(=O)O)CC(=O)O)CC(=O)O)CC(=O)O. The summed E-state index contributed by atoms with van der Waals surface area (Å²) in [6.07, 6.45) is 0. The Morgan fingerprint density at radius 3 is 1.14 bits per heavy atom. The fourth-order valence-corrected chi connectivity index (χ4v) is 2.43. The third kappa shape index (κ3) is 14.1. The Hall–Kier alpha value is -2.57. The van der Waals surface area contributed by atoms with E-state index >= 15 is 0 Å². The van der Waals surface area contributed by atoms with Crippen molar-refractivity contribution < 1.29 is 44.4 Å². The van der Waals surface area contributed by atoms with Gasteiger partial charge >= 0.3 is 23.9 Å². The average molecular weight is 419 g/mol. The quantitative estimate of drug-likeness (QED) is 0.214. The maximum Gasteiger partial charge on any atom is 0.317 e. The zero-order chi connectivity index (χ0) is 22.6. The van der Waals surface area contributed by atoms with E-state index in [1.54, 1.807) is 13.8 Å². The van der Waals surface area contributed by atoms with Crippen molar-refractivity contribution in [2.24, 2.45) is 5.92 Å². The first-order chi connectivity index (χ1) is 13.4. The largest absolute Gasteiger partial charge is 0.480 e. The number of aliphatic carboxylic acids is 4. The van der Waals surface area contributed by atoms with Crippen LogP contribution in [0.2, 0.25) is 0 Å². The topological polar surface area (TPSA) is 176 Å². The summed E-state index contributed by atoms with van der Waals surface area (Å²) in [5, 5.41) is 35.8. The number of carbonyl (C=O) groups is 5. The number of ketones is 1. The van der Waals surface area contributed by atoms with Crippen molar-refractivity contribution in [1.29, 1.82) is 0 Å². The van der Waals surface area contributed by atoms with Gasteiger partial charge in [0.1, 0.15) is 5.78 Å². The van der Waals surface area contributed by atoms with Gasteiger partial charge in [-0.3, -0.25) is 38.7 Å². The van der Waals surface area contributed by atoms with Crippen LogP contribution in [-0.2, 0) is 24.0 Å². The molecule has 166 valence electrons. The molecule has 0 aromatic rings. The molecule has 0 rings (SSSR count). The monoisotopic (exact) mass is 419 g/mol. The summed E-state index contributed by atoms with van der Waals surface area (Å²) in [6, 6.07) is 0. The molecule has 0 bridgehead atoms. The lowest BCUT2D eigenvalue weighted by Crippen LogP contribution is -2.45. The van der Waals surface area contributed by atoms with Crippen LogP contribution < -0.4 is 0 Å². The van der Waals surface area contributed by atoms with Crippen molar-refractivity contribution in [3.63, 3.8) is 0 Å². The number of rotatable bonds is 17. The van der Waals surface area contributed by atoms with E-state index in [1.807, 2.05) is 0 Å². The van der Waals surface area contributed by atoms with Crippen LogP contribution in [0.15, 0.2) is 0 Å². The molecule has 0 spiro atoms. The summed E-state index contributed by atoms with van der Waals surface area (Å²) >= 11 is 0. The Labute approximate surface area is 168 Å². The first kappa shape index (κ1) is 26.4. The molecule has 12 nitrogen and oxygen atoms in total. The minimum absolute atomic E-state index is 0.00423. The summed E-state index contributed by atoms with van der Waals surface area (Å²) < 4.78 is 0. The molecule has 0 saturated carbocycles. The minimum Gasteiger partial charge on any atom is -0.480 e. The zero-order valence-electron chi connectivity index (χ0n) is 16.6. The number of hydrogen-bond donors (Lipinski definition) is 4. The molecule has 0 atom stereocenters. The fraction of sp³-hybridized carbons (Fsp3) is 0.706. The van der Waals surface area contributed by atoms with Crippen molar-refractivity contribution in [3.05, 3.63) is 0 Å². The molecule has 0 aliphatic heterocycles. The Balaban J connectivity index is 4.97. The highest BCUT2D eigenvalue weighted by Crippen LogP contribution is 2.00. The standard InChI is InChI=1S/C17H29N3O9/c1-12(2)13(21)7-19(9-15(24)25)5-3-18(8-14(22)23)4-6-20(10-16(26)27)11-17(28)29/h12H,3-11H2,1-2H3,(H,22,23)(H,24,25)(H,26,27)(H,28,29). The van der Waals surface area contributed by atoms with Crippen molar-refractivity contribution in [2.45, 2.75) is 13.8 Å². The van der Waals surface area contributed by atoms with Gasteiger partial charge in [-0.15, -0.1) is 0 Å². The second-order valence-electron chi connectivity index (χ2n) is 6.89. The van der Waals surface area contributed by atoms with Crippen molar-refractivity contribution in [2.75, 3.05) is 58.9 Å². The van der Waals surface area contributed by atoms with E-state index in [4.69, 9.17) is 20.4 Å². The molecule has 0 fully saturated rings. The summed E-state index contributed by atoms with van der Waals surface area (Å²) in [7, 11) is 0. The zero-order valence-corrected chi connectivity index (χ0v) is 16.6. The van der Waals surface area contributed by atoms with Crippen LogP contribution in [0.1, 0.15) is 13.8 Å². The summed E-state index contributed by atoms with van der Waals surface area (Å²) in [5.41, 5.74) is 0. The molecule has 0 heterocycles. The van der Waals surface area contributed by atoms with Crippen LogP contribution >= 0.6 is 0 Å². The third-order valence-corrected chi connectivity index (χ3v) is 3.92. The lowest BCUT2D eigenvalue weighted by Gasteiger charge is -2.27. The fourth-order valence-electron chi connectivity index (χ4n) is 2.43. The number of Topliss-reactive ketones (excluding diaryl/α,β-unsaturated/α-hetero) is 1. The van der Waals surface area contributed by atoms with E-state index < -0.39 is 43.5 Å². The molecule has 0 aliphatic carbocycles. The van der Waals surface area contributed by atoms with Crippen LogP contribution in [-0.4, -0.2) is 124 Å². The molecule has 0 unspecified atom stereocenters. The highest BCUT2D eigenvalue weighted by atomic mass is 16.4. The lowest BCUT2D eigenvalue weighted by molar-refractivity contribution is -0.143. The van der Waals surface area contributed by atoms with Gasteiger partial charge in [0.25, 0.3) is 0 Å². The summed E-state index contributed by atoms with van der Waals surface area (Å²) in [5.74, 6) is -5.12. The van der Waals surface area contributed by atoms with Gasteiger partial charge in [-0.05, 0) is 0 Å². The molecule has 4 N–H and O–H groups in total. The number of carboxylic acids is 4. The Kier molecular flexibility index (Phi) is 12.4. The first-order valence-electron chi connectivity index (χ1n) is 8.97. The number of carbonyl (C=O) groups excluding carboxylic acids is 1. The molecular weight excluding hydrogens is 390 g/mol. The van der Waals surface area contributed by atoms with Gasteiger partial charge in [-0.25, -0.2) is 0 Å². The molecule has 0 aromatic carbocycles. The summed E-state index contributed by atoms with van der Waals surface area (Å²) in [6.45, 7) is 1.76. The van der Waals surface area contributed by atoms with Crippen LogP contribution in [0.5, 0.6) is 0 Å². The highest BCUT2D eigenvalue weighted by molar-refractivity contribution is 5.82. The van der Waals surface area contributed by atoms with Gasteiger partial charge in [0.05, 0.1) is 32.7 Å². The minimum atomic E-state index is -1.21. The maximum absolute atomic E-state index is 11.9. The van der Waals surface area contributed by atoms with Gasteiger partial charge < -0.3 is 20.4 Å². The second-order valence-corrected chi connectivity index (χ2v) is 6.89. The lowest BCUT2D eigenvalue weighted by atomic mass is 10.1. The van der Waals surface area contributed by atoms with Crippen LogP contribution in [0, 0.1) is 5.92 Å². The van der Waals surface area contributed by atoms with Gasteiger partial charge in [0.2, 0.25) is 0 Å². The number of carboxylic acid groups (broad SMARTS) is 4. The average Bonchev–Trinajstić information content (AvgIpc) is 2.54. The Morgan fingerprint density at radius 2 is 0.828 bits per heavy atom. The molecule has 0 amide bonds.